The van der Waals surface area contributed by atoms with Crippen LogP contribution >= 0.6 is 0 Å². The number of carbonyl (C=O) groups is 1. The monoisotopic (exact) mass is 142 g/mol. The summed E-state index contributed by atoms with van der Waals surface area (Å²) in [5.41, 5.74) is -0.139. The number of aldehydes is 1. The molecule has 1 aliphatic rings. The predicted octanol–water partition coefficient (Wildman–Crippen LogP) is 1.53. The Labute approximate surface area is 61.6 Å². The lowest BCUT2D eigenvalue weighted by molar-refractivity contribution is -0.118. The van der Waals surface area contributed by atoms with Gasteiger partial charge in [-0.25, -0.2) is 0 Å². The summed E-state index contributed by atoms with van der Waals surface area (Å²) < 4.78 is 5.47. The van der Waals surface area contributed by atoms with Gasteiger partial charge in [-0.05, 0) is 26.2 Å². The summed E-state index contributed by atoms with van der Waals surface area (Å²) in [6, 6.07) is 0. The van der Waals surface area contributed by atoms with Crippen LogP contribution in [0.15, 0.2) is 0 Å². The molecule has 0 spiro atoms. The van der Waals surface area contributed by atoms with E-state index >= 15 is 0 Å². The van der Waals surface area contributed by atoms with Crippen LogP contribution in [0.1, 0.15) is 32.6 Å². The van der Waals surface area contributed by atoms with E-state index in [1.807, 2.05) is 6.92 Å². The fourth-order valence-corrected chi connectivity index (χ4v) is 1.33. The summed E-state index contributed by atoms with van der Waals surface area (Å²) in [7, 11) is 0. The minimum absolute atomic E-state index is 0.139. The third kappa shape index (κ3) is 1.81. The van der Waals surface area contributed by atoms with E-state index in [0.29, 0.717) is 6.42 Å². The zero-order chi connectivity index (χ0) is 7.45. The van der Waals surface area contributed by atoms with Crippen LogP contribution < -0.4 is 0 Å². The van der Waals surface area contributed by atoms with Gasteiger partial charge in [-0.1, -0.05) is 0 Å². The zero-order valence-corrected chi connectivity index (χ0v) is 6.43. The molecule has 1 aliphatic heterocycles. The van der Waals surface area contributed by atoms with Crippen molar-refractivity contribution in [2.24, 2.45) is 0 Å². The Kier molecular flexibility index (Phi) is 2.44. The van der Waals surface area contributed by atoms with Gasteiger partial charge in [-0.15, -0.1) is 0 Å². The van der Waals surface area contributed by atoms with Gasteiger partial charge in [0.2, 0.25) is 0 Å². The lowest BCUT2D eigenvalue weighted by Gasteiger charge is -2.31. The quantitative estimate of drug-likeness (QED) is 0.546. The molecule has 0 radical (unpaired) electrons. The first-order valence-corrected chi connectivity index (χ1v) is 3.84. The predicted molar refractivity (Wildman–Crippen MR) is 38.9 cm³/mol. The largest absolute Gasteiger partial charge is 0.375 e. The van der Waals surface area contributed by atoms with E-state index in [-0.39, 0.29) is 5.60 Å². The van der Waals surface area contributed by atoms with Gasteiger partial charge in [-0.3, -0.25) is 0 Å². The highest BCUT2D eigenvalue weighted by molar-refractivity contribution is 5.51. The molecule has 1 unspecified atom stereocenters. The average Bonchev–Trinajstić information content (AvgIpc) is 1.89. The fourth-order valence-electron chi connectivity index (χ4n) is 1.33. The van der Waals surface area contributed by atoms with Crippen molar-refractivity contribution in [2.75, 3.05) is 6.61 Å². The molecule has 0 aromatic rings. The smallest absolute Gasteiger partial charge is 0.122 e. The summed E-state index contributed by atoms with van der Waals surface area (Å²) in [4.78, 5) is 10.2. The molecule has 0 N–H and O–H groups in total. The minimum atomic E-state index is -0.139. The Morgan fingerprint density at radius 1 is 1.60 bits per heavy atom. The second kappa shape index (κ2) is 3.15. The van der Waals surface area contributed by atoms with Crippen molar-refractivity contribution in [3.8, 4) is 0 Å². The van der Waals surface area contributed by atoms with Crippen molar-refractivity contribution in [3.63, 3.8) is 0 Å². The zero-order valence-electron chi connectivity index (χ0n) is 6.43. The molecule has 58 valence electrons. The first-order chi connectivity index (χ1) is 4.77. The molecule has 1 heterocycles. The van der Waals surface area contributed by atoms with E-state index < -0.39 is 0 Å². The molecule has 1 rings (SSSR count). The van der Waals surface area contributed by atoms with E-state index in [1.54, 1.807) is 0 Å². The van der Waals surface area contributed by atoms with Gasteiger partial charge in [-0.2, -0.15) is 0 Å². The van der Waals surface area contributed by atoms with Crippen molar-refractivity contribution in [2.45, 2.75) is 38.2 Å². The molecule has 10 heavy (non-hydrogen) atoms. The molecule has 0 bridgehead atoms. The third-order valence-corrected chi connectivity index (χ3v) is 2.07. The van der Waals surface area contributed by atoms with Gasteiger partial charge in [0.05, 0.1) is 5.60 Å². The maximum absolute atomic E-state index is 10.2. The second-order valence-electron chi connectivity index (χ2n) is 3.13. The van der Waals surface area contributed by atoms with E-state index in [9.17, 15) is 4.79 Å². The van der Waals surface area contributed by atoms with Crippen LogP contribution in [-0.2, 0) is 9.53 Å². The summed E-state index contributed by atoms with van der Waals surface area (Å²) in [5.74, 6) is 0. The molecular weight excluding hydrogens is 128 g/mol. The van der Waals surface area contributed by atoms with Crippen LogP contribution in [0.2, 0.25) is 0 Å². The molecule has 0 aromatic heterocycles. The number of ether oxygens (including phenoxy) is 1. The minimum Gasteiger partial charge on any atom is -0.375 e. The third-order valence-electron chi connectivity index (χ3n) is 2.07. The Hall–Kier alpha value is -0.370. The maximum atomic E-state index is 10.2. The molecular formula is C8H14O2. The Bertz CT molecular complexity index is 114. The van der Waals surface area contributed by atoms with Crippen LogP contribution in [0.4, 0.5) is 0 Å². The van der Waals surface area contributed by atoms with Gasteiger partial charge < -0.3 is 9.53 Å². The molecule has 0 aromatic carbocycles. The van der Waals surface area contributed by atoms with Crippen molar-refractivity contribution < 1.29 is 9.53 Å². The molecule has 2 nitrogen and oxygen atoms in total. The lowest BCUT2D eigenvalue weighted by Crippen LogP contribution is -2.32. The van der Waals surface area contributed by atoms with Gasteiger partial charge in [0, 0.05) is 13.0 Å². The molecule has 1 fully saturated rings. The van der Waals surface area contributed by atoms with E-state index in [1.165, 1.54) is 6.42 Å². The summed E-state index contributed by atoms with van der Waals surface area (Å²) in [6.45, 7) is 2.84. The van der Waals surface area contributed by atoms with Crippen molar-refractivity contribution >= 4 is 6.29 Å². The van der Waals surface area contributed by atoms with Crippen molar-refractivity contribution in [1.82, 2.24) is 0 Å². The molecule has 1 saturated heterocycles. The van der Waals surface area contributed by atoms with Crippen LogP contribution in [0.3, 0.4) is 0 Å². The van der Waals surface area contributed by atoms with Gasteiger partial charge in [0.25, 0.3) is 0 Å². The molecule has 0 saturated carbocycles. The van der Waals surface area contributed by atoms with E-state index in [0.717, 1.165) is 25.7 Å². The van der Waals surface area contributed by atoms with Gasteiger partial charge in [0.15, 0.2) is 0 Å². The van der Waals surface area contributed by atoms with Crippen molar-refractivity contribution in [1.29, 1.82) is 0 Å². The lowest BCUT2D eigenvalue weighted by atomic mass is 9.93. The SMILES string of the molecule is CC1(CC=O)CCCCO1. The Morgan fingerprint density at radius 2 is 2.40 bits per heavy atom. The molecule has 0 amide bonds. The van der Waals surface area contributed by atoms with Crippen LogP contribution in [0, 0.1) is 0 Å². The highest BCUT2D eigenvalue weighted by atomic mass is 16.5. The van der Waals surface area contributed by atoms with Crippen LogP contribution in [0.25, 0.3) is 0 Å². The van der Waals surface area contributed by atoms with E-state index in [4.69, 9.17) is 4.74 Å². The number of rotatable bonds is 2. The van der Waals surface area contributed by atoms with Crippen LogP contribution in [0.5, 0.6) is 0 Å². The van der Waals surface area contributed by atoms with Crippen molar-refractivity contribution in [3.05, 3.63) is 0 Å². The Morgan fingerprint density at radius 3 is 2.90 bits per heavy atom. The second-order valence-corrected chi connectivity index (χ2v) is 3.13. The van der Waals surface area contributed by atoms with Crippen LogP contribution in [-0.4, -0.2) is 18.5 Å². The number of hydrogen-bond acceptors (Lipinski definition) is 2. The maximum Gasteiger partial charge on any atom is 0.122 e. The topological polar surface area (TPSA) is 26.3 Å². The normalized spacial score (nSPS) is 33.7. The van der Waals surface area contributed by atoms with E-state index in [2.05, 4.69) is 0 Å². The average molecular weight is 142 g/mol. The first kappa shape index (κ1) is 7.73. The highest BCUT2D eigenvalue weighted by Gasteiger charge is 2.26. The molecule has 0 aliphatic carbocycles. The first-order valence-electron chi connectivity index (χ1n) is 3.84. The fraction of sp³-hybridized carbons (Fsp3) is 0.875. The molecule has 1 atom stereocenters. The van der Waals surface area contributed by atoms with Gasteiger partial charge in [0.1, 0.15) is 6.29 Å². The molecule has 2 heteroatoms. The number of carbonyl (C=O) groups excluding carboxylic acids is 1. The summed E-state index contributed by atoms with van der Waals surface area (Å²) in [5, 5.41) is 0. The number of hydrogen-bond donors (Lipinski definition) is 0. The van der Waals surface area contributed by atoms with Gasteiger partial charge >= 0.3 is 0 Å². The summed E-state index contributed by atoms with van der Waals surface area (Å²) >= 11 is 0. The highest BCUT2D eigenvalue weighted by Crippen LogP contribution is 2.26. The Balaban J connectivity index is 2.39. The summed E-state index contributed by atoms with van der Waals surface area (Å²) in [6.07, 6.45) is 4.88. The standard InChI is InChI=1S/C8H14O2/c1-8(5-6-9)4-2-3-7-10-8/h6H,2-5,7H2,1H3.